The number of ether oxygens (including phenoxy) is 1. The van der Waals surface area contributed by atoms with E-state index in [0.29, 0.717) is 10.5 Å². The fraction of sp³-hybridized carbons (Fsp3) is 0.696. The molecule has 1 heterocycles. The highest BCUT2D eigenvalue weighted by Gasteiger charge is 2.14. The van der Waals surface area contributed by atoms with Gasteiger partial charge in [0.2, 0.25) is 0 Å². The Bertz CT molecular complexity index is 515. The van der Waals surface area contributed by atoms with E-state index in [2.05, 4.69) is 28.7 Å². The van der Waals surface area contributed by atoms with Gasteiger partial charge in [-0.25, -0.2) is 4.79 Å². The summed E-state index contributed by atoms with van der Waals surface area (Å²) < 4.78 is 6.04. The third kappa shape index (κ3) is 8.88. The van der Waals surface area contributed by atoms with Gasteiger partial charge in [-0.05, 0) is 30.9 Å². The first-order chi connectivity index (χ1) is 12.8. The Kier molecular flexibility index (Phi) is 11.3. The normalized spacial score (nSPS) is 22.8. The molecule has 0 saturated carbocycles. The zero-order valence-electron chi connectivity index (χ0n) is 16.2. The molecule has 0 bridgehead atoms. The van der Waals surface area contributed by atoms with Crippen LogP contribution >= 0.6 is 22.6 Å². The van der Waals surface area contributed by atoms with Gasteiger partial charge in [-0.2, -0.15) is 0 Å². The van der Waals surface area contributed by atoms with Crippen molar-refractivity contribution in [1.29, 1.82) is 0 Å². The van der Waals surface area contributed by atoms with Crippen molar-refractivity contribution in [3.05, 3.63) is 35.4 Å². The van der Waals surface area contributed by atoms with Crippen LogP contribution in [0, 0.1) is 0 Å². The van der Waals surface area contributed by atoms with Crippen LogP contribution in [0.5, 0.6) is 0 Å². The van der Waals surface area contributed by atoms with Crippen LogP contribution in [0.2, 0.25) is 0 Å². The third-order valence-corrected chi connectivity index (χ3v) is 6.33. The lowest BCUT2D eigenvalue weighted by atomic mass is 10.00. The van der Waals surface area contributed by atoms with Crippen LogP contribution in [0.3, 0.4) is 0 Å². The monoisotopic (exact) mass is 470 g/mol. The number of alkyl halides is 1. The molecule has 1 aromatic rings. The quantitative estimate of drug-likeness (QED) is 0.226. The first-order valence-electron chi connectivity index (χ1n) is 10.7. The number of carbonyl (C=O) groups excluding carboxylic acids is 1. The zero-order valence-corrected chi connectivity index (χ0v) is 18.3. The van der Waals surface area contributed by atoms with Crippen LogP contribution in [-0.2, 0) is 11.2 Å². The smallest absolute Gasteiger partial charge is 0.338 e. The molecular formula is C23H35IO2. The second kappa shape index (κ2) is 13.6. The maximum Gasteiger partial charge on any atom is 0.338 e. The molecule has 1 atom stereocenters. The minimum atomic E-state index is -0.142. The molecule has 0 saturated heterocycles. The van der Waals surface area contributed by atoms with Gasteiger partial charge in [-0.1, -0.05) is 111 Å². The molecule has 0 amide bonds. The van der Waals surface area contributed by atoms with Crippen LogP contribution in [0.1, 0.15) is 99.4 Å². The van der Waals surface area contributed by atoms with Crippen molar-refractivity contribution in [1.82, 2.24) is 0 Å². The predicted molar refractivity (Wildman–Crippen MR) is 118 cm³/mol. The third-order valence-electron chi connectivity index (χ3n) is 5.35. The highest BCUT2D eigenvalue weighted by Crippen LogP contribution is 2.19. The molecule has 1 aromatic carbocycles. The van der Waals surface area contributed by atoms with E-state index in [1.54, 1.807) is 0 Å². The number of hydrogen-bond donors (Lipinski definition) is 0. The number of fused-ring (bicyclic) bond motifs is 1. The maximum atomic E-state index is 12.5. The molecule has 0 fully saturated rings. The van der Waals surface area contributed by atoms with Gasteiger partial charge >= 0.3 is 5.97 Å². The Morgan fingerprint density at radius 3 is 1.96 bits per heavy atom. The maximum absolute atomic E-state index is 12.5. The lowest BCUT2D eigenvalue weighted by Gasteiger charge is -2.13. The van der Waals surface area contributed by atoms with Gasteiger partial charge in [-0.15, -0.1) is 0 Å². The topological polar surface area (TPSA) is 26.3 Å². The van der Waals surface area contributed by atoms with E-state index in [0.717, 1.165) is 24.0 Å². The van der Waals surface area contributed by atoms with E-state index in [9.17, 15) is 4.79 Å². The summed E-state index contributed by atoms with van der Waals surface area (Å²) in [6.07, 6.45) is 18.2. The van der Waals surface area contributed by atoms with Gasteiger partial charge in [0, 0.05) is 3.92 Å². The molecule has 146 valence electrons. The number of hydrogen-bond acceptors (Lipinski definition) is 2. The number of aryl methyl sites for hydroxylation is 1. The number of carbonyl (C=O) groups is 1. The van der Waals surface area contributed by atoms with E-state index in [4.69, 9.17) is 4.74 Å². The van der Waals surface area contributed by atoms with Gasteiger partial charge < -0.3 is 4.74 Å². The van der Waals surface area contributed by atoms with Crippen molar-refractivity contribution in [2.75, 3.05) is 6.61 Å². The first kappa shape index (κ1) is 21.7. The highest BCUT2D eigenvalue weighted by molar-refractivity contribution is 14.1. The zero-order chi connectivity index (χ0) is 18.5. The van der Waals surface area contributed by atoms with E-state index >= 15 is 0 Å². The van der Waals surface area contributed by atoms with Crippen molar-refractivity contribution in [3.63, 3.8) is 0 Å². The van der Waals surface area contributed by atoms with E-state index in [1.807, 2.05) is 18.2 Å². The number of halogens is 1. The second-order valence-corrected chi connectivity index (χ2v) is 9.40. The van der Waals surface area contributed by atoms with E-state index in [1.165, 1.54) is 77.0 Å². The molecule has 0 radical (unpaired) electrons. The van der Waals surface area contributed by atoms with Crippen molar-refractivity contribution in [2.24, 2.45) is 0 Å². The van der Waals surface area contributed by atoms with E-state index in [-0.39, 0.29) is 5.97 Å². The minimum absolute atomic E-state index is 0.142. The summed E-state index contributed by atoms with van der Waals surface area (Å²) in [4.78, 5) is 12.5. The molecule has 0 spiro atoms. The Labute approximate surface area is 173 Å². The number of rotatable bonds is 0. The fourth-order valence-electron chi connectivity index (χ4n) is 3.71. The fourth-order valence-corrected chi connectivity index (χ4v) is 4.33. The summed E-state index contributed by atoms with van der Waals surface area (Å²) in [5.74, 6) is -0.142. The lowest BCUT2D eigenvalue weighted by molar-refractivity contribution is 0.0507. The van der Waals surface area contributed by atoms with Gasteiger partial charge in [0.15, 0.2) is 0 Å². The second-order valence-electron chi connectivity index (χ2n) is 7.63. The SMILES string of the molecule is O=C1OCC(I)CCCCCCCCCCCCCCc2ccccc21. The Morgan fingerprint density at radius 1 is 0.769 bits per heavy atom. The van der Waals surface area contributed by atoms with Gasteiger partial charge in [0.1, 0.15) is 6.61 Å². The first-order valence-corrected chi connectivity index (χ1v) is 11.9. The van der Waals surface area contributed by atoms with Crippen LogP contribution in [0.15, 0.2) is 24.3 Å². The van der Waals surface area contributed by atoms with Gasteiger partial charge in [0.25, 0.3) is 0 Å². The van der Waals surface area contributed by atoms with Crippen molar-refractivity contribution >= 4 is 28.6 Å². The summed E-state index contributed by atoms with van der Waals surface area (Å²) in [7, 11) is 0. The van der Waals surface area contributed by atoms with Crippen LogP contribution in [0.25, 0.3) is 0 Å². The summed E-state index contributed by atoms with van der Waals surface area (Å²) in [5.41, 5.74) is 1.92. The average Bonchev–Trinajstić information content (AvgIpc) is 2.66. The molecule has 26 heavy (non-hydrogen) atoms. The minimum Gasteiger partial charge on any atom is -0.461 e. The van der Waals surface area contributed by atoms with Crippen molar-refractivity contribution in [2.45, 2.75) is 93.8 Å². The number of benzene rings is 1. The number of esters is 1. The molecule has 0 aromatic heterocycles. The van der Waals surface area contributed by atoms with Crippen LogP contribution in [-0.4, -0.2) is 16.5 Å². The molecule has 0 aliphatic carbocycles. The molecular weight excluding hydrogens is 435 g/mol. The Hall–Kier alpha value is -0.580. The Morgan fingerprint density at radius 2 is 1.31 bits per heavy atom. The standard InChI is InChI=1S/C23H35IO2/c24-21-17-12-10-8-6-4-2-1-3-5-7-9-11-15-20-16-13-14-18-22(20)23(25)26-19-21/h13-14,16,18,21H,1-12,15,17,19H2. The molecule has 1 aliphatic heterocycles. The molecule has 2 nitrogen and oxygen atoms in total. The van der Waals surface area contributed by atoms with E-state index < -0.39 is 0 Å². The van der Waals surface area contributed by atoms with Crippen LogP contribution in [0.4, 0.5) is 0 Å². The van der Waals surface area contributed by atoms with Crippen molar-refractivity contribution < 1.29 is 9.53 Å². The lowest BCUT2D eigenvalue weighted by Crippen LogP contribution is -2.15. The summed E-state index contributed by atoms with van der Waals surface area (Å²) in [6.45, 7) is 0.535. The molecule has 1 unspecified atom stereocenters. The van der Waals surface area contributed by atoms with Crippen molar-refractivity contribution in [3.8, 4) is 0 Å². The summed E-state index contributed by atoms with van der Waals surface area (Å²) >= 11 is 2.44. The summed E-state index contributed by atoms with van der Waals surface area (Å²) in [6, 6.07) is 7.99. The number of cyclic esters (lactones) is 1. The largest absolute Gasteiger partial charge is 0.461 e. The summed E-state index contributed by atoms with van der Waals surface area (Å²) in [5, 5.41) is 0. The van der Waals surface area contributed by atoms with Crippen LogP contribution < -0.4 is 0 Å². The van der Waals surface area contributed by atoms with Gasteiger partial charge in [-0.3, -0.25) is 0 Å². The molecule has 3 heteroatoms. The Balaban J connectivity index is 1.88. The average molecular weight is 470 g/mol. The molecule has 2 rings (SSSR count). The molecule has 1 aliphatic rings. The highest BCUT2D eigenvalue weighted by atomic mass is 127. The predicted octanol–water partition coefficient (Wildman–Crippen LogP) is 7.27. The van der Waals surface area contributed by atoms with Gasteiger partial charge in [0.05, 0.1) is 5.56 Å². The molecule has 0 N–H and O–H groups in total.